The van der Waals surface area contributed by atoms with Crippen LogP contribution in [0.2, 0.25) is 5.02 Å². The Hall–Kier alpha value is -3.84. The smallest absolute Gasteiger partial charge is 0.251 e. The van der Waals surface area contributed by atoms with E-state index in [2.05, 4.69) is 16.0 Å². The van der Waals surface area contributed by atoms with Crippen molar-refractivity contribution in [3.8, 4) is 5.75 Å². The van der Waals surface area contributed by atoms with Crippen molar-refractivity contribution in [1.29, 1.82) is 0 Å². The third-order valence-corrected chi connectivity index (χ3v) is 5.32. The van der Waals surface area contributed by atoms with Gasteiger partial charge in [-0.2, -0.15) is 0 Å². The predicted octanol–water partition coefficient (Wildman–Crippen LogP) is 3.24. The number of hydrogen-bond donors (Lipinski definition) is 3. The van der Waals surface area contributed by atoms with E-state index in [1.165, 1.54) is 0 Å². The summed E-state index contributed by atoms with van der Waals surface area (Å²) in [7, 11) is 1.56. The molecule has 34 heavy (non-hydrogen) atoms. The Morgan fingerprint density at radius 1 is 0.794 bits per heavy atom. The van der Waals surface area contributed by atoms with Gasteiger partial charge in [-0.15, -0.1) is 0 Å². The largest absolute Gasteiger partial charge is 0.497 e. The summed E-state index contributed by atoms with van der Waals surface area (Å²) < 4.78 is 5.08. The first-order valence-electron chi connectivity index (χ1n) is 10.8. The van der Waals surface area contributed by atoms with Gasteiger partial charge in [0.2, 0.25) is 5.91 Å². The summed E-state index contributed by atoms with van der Waals surface area (Å²) in [6, 6.07) is 21.8. The van der Waals surface area contributed by atoms with Gasteiger partial charge in [-0.3, -0.25) is 14.4 Å². The van der Waals surface area contributed by atoms with E-state index >= 15 is 0 Å². The number of carbonyl (C=O) groups excluding carboxylic acids is 3. The predicted molar refractivity (Wildman–Crippen MR) is 131 cm³/mol. The first-order chi connectivity index (χ1) is 16.5. The molecule has 0 aliphatic rings. The van der Waals surface area contributed by atoms with Crippen molar-refractivity contribution >= 4 is 29.3 Å². The van der Waals surface area contributed by atoms with Gasteiger partial charge in [0.25, 0.3) is 11.8 Å². The SMILES string of the molecule is COc1ccc(C(=O)NCCNC(=O)C(Cc2ccccc2)NC(=O)c2ccc(Cl)cc2)cc1. The maximum Gasteiger partial charge on any atom is 0.251 e. The van der Waals surface area contributed by atoms with E-state index in [0.29, 0.717) is 28.3 Å². The van der Waals surface area contributed by atoms with Crippen molar-refractivity contribution in [2.45, 2.75) is 12.5 Å². The Bertz CT molecular complexity index is 1100. The number of ether oxygens (including phenoxy) is 1. The molecule has 3 aromatic rings. The summed E-state index contributed by atoms with van der Waals surface area (Å²) in [6.45, 7) is 0.447. The second-order valence-electron chi connectivity index (χ2n) is 7.50. The normalized spacial score (nSPS) is 11.2. The number of amides is 3. The van der Waals surface area contributed by atoms with E-state index in [1.54, 1.807) is 55.6 Å². The van der Waals surface area contributed by atoms with Crippen molar-refractivity contribution in [3.63, 3.8) is 0 Å². The molecule has 3 rings (SSSR count). The minimum atomic E-state index is -0.789. The molecule has 0 aliphatic heterocycles. The number of hydrogen-bond acceptors (Lipinski definition) is 4. The fraction of sp³-hybridized carbons (Fsp3) is 0.192. The second-order valence-corrected chi connectivity index (χ2v) is 7.93. The molecule has 0 saturated carbocycles. The average Bonchev–Trinajstić information content (AvgIpc) is 2.87. The minimum Gasteiger partial charge on any atom is -0.497 e. The Morgan fingerprint density at radius 2 is 1.38 bits per heavy atom. The lowest BCUT2D eigenvalue weighted by Crippen LogP contribution is -2.49. The van der Waals surface area contributed by atoms with E-state index in [0.717, 1.165) is 5.56 Å². The van der Waals surface area contributed by atoms with Crippen LogP contribution < -0.4 is 20.7 Å². The highest BCUT2D eigenvalue weighted by Gasteiger charge is 2.22. The molecule has 1 atom stereocenters. The fourth-order valence-corrected chi connectivity index (χ4v) is 3.36. The molecular weight excluding hydrogens is 454 g/mol. The molecule has 3 aromatic carbocycles. The summed E-state index contributed by atoms with van der Waals surface area (Å²) >= 11 is 5.89. The number of nitrogens with one attached hydrogen (secondary N) is 3. The molecule has 0 aromatic heterocycles. The molecule has 1 unspecified atom stereocenters. The first-order valence-corrected chi connectivity index (χ1v) is 11.1. The van der Waals surface area contributed by atoms with Crippen molar-refractivity contribution in [1.82, 2.24) is 16.0 Å². The van der Waals surface area contributed by atoms with Crippen LogP contribution in [-0.4, -0.2) is 44.0 Å². The van der Waals surface area contributed by atoms with Gasteiger partial charge in [0.1, 0.15) is 11.8 Å². The molecule has 0 fully saturated rings. The Balaban J connectivity index is 1.56. The minimum absolute atomic E-state index is 0.211. The zero-order chi connectivity index (χ0) is 24.3. The van der Waals surface area contributed by atoms with Gasteiger partial charge in [-0.1, -0.05) is 41.9 Å². The van der Waals surface area contributed by atoms with Gasteiger partial charge in [0.15, 0.2) is 0 Å². The molecule has 0 radical (unpaired) electrons. The van der Waals surface area contributed by atoms with Gasteiger partial charge >= 0.3 is 0 Å². The maximum absolute atomic E-state index is 12.9. The summed E-state index contributed by atoms with van der Waals surface area (Å²) in [5, 5.41) is 8.86. The Kier molecular flexibility index (Phi) is 9.05. The van der Waals surface area contributed by atoms with Crippen molar-refractivity contribution < 1.29 is 19.1 Å². The van der Waals surface area contributed by atoms with Gasteiger partial charge in [-0.25, -0.2) is 0 Å². The zero-order valence-corrected chi connectivity index (χ0v) is 19.5. The van der Waals surface area contributed by atoms with Crippen molar-refractivity contribution in [2.24, 2.45) is 0 Å². The van der Waals surface area contributed by atoms with Crippen LogP contribution in [0.3, 0.4) is 0 Å². The molecule has 8 heteroatoms. The van der Waals surface area contributed by atoms with Crippen LogP contribution in [-0.2, 0) is 11.2 Å². The lowest BCUT2D eigenvalue weighted by atomic mass is 10.0. The second kappa shape index (κ2) is 12.4. The van der Waals surface area contributed by atoms with Gasteiger partial charge in [-0.05, 0) is 54.1 Å². The van der Waals surface area contributed by atoms with E-state index < -0.39 is 6.04 Å². The first kappa shape index (κ1) is 24.8. The average molecular weight is 480 g/mol. The molecule has 0 spiro atoms. The van der Waals surface area contributed by atoms with E-state index in [-0.39, 0.29) is 30.8 Å². The lowest BCUT2D eigenvalue weighted by molar-refractivity contribution is -0.122. The van der Waals surface area contributed by atoms with Crippen LogP contribution in [0.25, 0.3) is 0 Å². The highest BCUT2D eigenvalue weighted by atomic mass is 35.5. The number of halogens is 1. The monoisotopic (exact) mass is 479 g/mol. The number of benzene rings is 3. The molecular formula is C26H26ClN3O4. The standard InChI is InChI=1S/C26H26ClN3O4/c1-34-22-13-9-19(10-14-22)24(31)28-15-16-29-26(33)23(17-18-5-3-2-4-6-18)30-25(32)20-7-11-21(27)12-8-20/h2-14,23H,15-17H2,1H3,(H,28,31)(H,29,33)(H,30,32). The highest BCUT2D eigenvalue weighted by molar-refractivity contribution is 6.30. The van der Waals surface area contributed by atoms with Crippen LogP contribution in [0.1, 0.15) is 26.3 Å². The summed E-state index contributed by atoms with van der Waals surface area (Å²) in [5.74, 6) is -0.312. The summed E-state index contributed by atoms with van der Waals surface area (Å²) in [4.78, 5) is 37.8. The van der Waals surface area contributed by atoms with Crippen LogP contribution in [0, 0.1) is 0 Å². The molecule has 0 saturated heterocycles. The number of rotatable bonds is 10. The van der Waals surface area contributed by atoms with Crippen LogP contribution in [0.5, 0.6) is 5.75 Å². The van der Waals surface area contributed by atoms with Crippen molar-refractivity contribution in [2.75, 3.05) is 20.2 Å². The lowest BCUT2D eigenvalue weighted by Gasteiger charge is -2.19. The molecule has 0 heterocycles. The molecule has 0 bridgehead atoms. The number of carbonyl (C=O) groups is 3. The van der Waals surface area contributed by atoms with Gasteiger partial charge in [0, 0.05) is 35.7 Å². The maximum atomic E-state index is 12.9. The quantitative estimate of drug-likeness (QED) is 0.389. The third kappa shape index (κ3) is 7.35. The zero-order valence-electron chi connectivity index (χ0n) is 18.7. The molecule has 7 nitrogen and oxygen atoms in total. The van der Waals surface area contributed by atoms with E-state index in [9.17, 15) is 14.4 Å². The van der Waals surface area contributed by atoms with Crippen LogP contribution in [0.15, 0.2) is 78.9 Å². The van der Waals surface area contributed by atoms with Crippen molar-refractivity contribution in [3.05, 3.63) is 101 Å². The number of methoxy groups -OCH3 is 1. The third-order valence-electron chi connectivity index (χ3n) is 5.07. The van der Waals surface area contributed by atoms with Gasteiger partial charge < -0.3 is 20.7 Å². The van der Waals surface area contributed by atoms with Gasteiger partial charge in [0.05, 0.1) is 7.11 Å². The summed E-state index contributed by atoms with van der Waals surface area (Å²) in [5.41, 5.74) is 1.80. The van der Waals surface area contributed by atoms with Crippen LogP contribution >= 0.6 is 11.6 Å². The molecule has 176 valence electrons. The molecule has 3 amide bonds. The topological polar surface area (TPSA) is 96.5 Å². The van der Waals surface area contributed by atoms with Crippen LogP contribution in [0.4, 0.5) is 0 Å². The fourth-order valence-electron chi connectivity index (χ4n) is 3.23. The Morgan fingerprint density at radius 3 is 2.03 bits per heavy atom. The van der Waals surface area contributed by atoms with E-state index in [4.69, 9.17) is 16.3 Å². The van der Waals surface area contributed by atoms with E-state index in [1.807, 2.05) is 30.3 Å². The molecule has 0 aliphatic carbocycles. The molecule has 3 N–H and O–H groups in total. The Labute approximate surface area is 203 Å². The summed E-state index contributed by atoms with van der Waals surface area (Å²) in [6.07, 6.45) is 0.324. The highest BCUT2D eigenvalue weighted by Crippen LogP contribution is 2.12.